The van der Waals surface area contributed by atoms with Crippen LogP contribution in [-0.4, -0.2) is 27.4 Å². The minimum atomic E-state index is -1.21. The predicted octanol–water partition coefficient (Wildman–Crippen LogP) is -2.41. The smallest absolute Gasteiger partial charge is 1.00 e. The molecule has 2 N–H and O–H groups in total. The molecule has 0 bridgehead atoms. The molecule has 0 aliphatic carbocycles. The van der Waals surface area contributed by atoms with Crippen molar-refractivity contribution in [1.82, 2.24) is 0 Å². The van der Waals surface area contributed by atoms with Crippen LogP contribution in [-0.2, 0) is 32.0 Å². The first-order valence-electron chi connectivity index (χ1n) is 2.16. The standard InChI is InChI=1S/C4H6O4S.CH4.Au.Na.H/c5-3(6)1-2(9)4(7)8;;;;/h2,9H,1H2,(H,5,6)(H,7,8);1H4;;;/q;;;+1;-1. The van der Waals surface area contributed by atoms with Gasteiger partial charge in [0.1, 0.15) is 5.25 Å². The Kier molecular flexibility index (Phi) is 23.2. The average Bonchev–Trinajstić information content (AvgIpc) is 1.63. The van der Waals surface area contributed by atoms with E-state index in [0.29, 0.717) is 0 Å². The van der Waals surface area contributed by atoms with Crippen molar-refractivity contribution in [3.63, 3.8) is 0 Å². The third-order valence-electron chi connectivity index (χ3n) is 0.653. The van der Waals surface area contributed by atoms with E-state index in [1.165, 1.54) is 0 Å². The number of hydrogen-bond donors (Lipinski definition) is 3. The second kappa shape index (κ2) is 12.0. The van der Waals surface area contributed by atoms with Crippen molar-refractivity contribution >= 4 is 24.6 Å². The molecule has 0 aromatic rings. The Morgan fingerprint density at radius 3 is 1.83 bits per heavy atom. The van der Waals surface area contributed by atoms with Gasteiger partial charge in [-0.25, -0.2) is 0 Å². The van der Waals surface area contributed by atoms with Gasteiger partial charge in [0.15, 0.2) is 0 Å². The number of carboxylic acids is 2. The van der Waals surface area contributed by atoms with Crippen LogP contribution in [0.5, 0.6) is 0 Å². The molecule has 7 heteroatoms. The minimum Gasteiger partial charge on any atom is -1.00 e. The fraction of sp³-hybridized carbons (Fsp3) is 0.600. The van der Waals surface area contributed by atoms with Gasteiger partial charge in [-0.15, -0.1) is 0 Å². The van der Waals surface area contributed by atoms with E-state index in [1.54, 1.807) is 0 Å². The van der Waals surface area contributed by atoms with Gasteiger partial charge in [0.2, 0.25) is 0 Å². The van der Waals surface area contributed by atoms with E-state index in [-0.39, 0.29) is 60.8 Å². The Morgan fingerprint density at radius 2 is 1.75 bits per heavy atom. The molecule has 12 heavy (non-hydrogen) atoms. The summed E-state index contributed by atoms with van der Waals surface area (Å²) in [5, 5.41) is 15.0. The molecule has 0 aliphatic heterocycles. The summed E-state index contributed by atoms with van der Waals surface area (Å²) < 4.78 is 0. The van der Waals surface area contributed by atoms with Crippen LogP contribution in [0.1, 0.15) is 15.3 Å². The SMILES string of the molecule is C.O=C(O)CC(S)C(=O)O.[Au].[H-].[Na+]. The van der Waals surface area contributed by atoms with Crippen LogP contribution in [0.15, 0.2) is 0 Å². The Morgan fingerprint density at radius 1 is 1.42 bits per heavy atom. The summed E-state index contributed by atoms with van der Waals surface area (Å²) >= 11 is 3.48. The quantitative estimate of drug-likeness (QED) is 0.373. The predicted molar refractivity (Wildman–Crippen MR) is 40.5 cm³/mol. The molecule has 0 aromatic heterocycles. The van der Waals surface area contributed by atoms with Gasteiger partial charge >= 0.3 is 41.5 Å². The Bertz CT molecular complexity index is 148. The van der Waals surface area contributed by atoms with Gasteiger partial charge in [-0.2, -0.15) is 12.6 Å². The number of rotatable bonds is 3. The number of aliphatic carboxylic acids is 2. The van der Waals surface area contributed by atoms with Gasteiger partial charge in [0, 0.05) is 22.4 Å². The zero-order valence-corrected chi connectivity index (χ0v) is 10.8. The Balaban J connectivity index is -0.0000000533. The summed E-state index contributed by atoms with van der Waals surface area (Å²) in [6.45, 7) is 0. The number of hydrogen-bond acceptors (Lipinski definition) is 3. The molecule has 1 atom stereocenters. The second-order valence-corrected chi connectivity index (χ2v) is 2.08. The molecule has 0 amide bonds. The number of thiol groups is 1. The third-order valence-corrected chi connectivity index (χ3v) is 1.06. The maximum absolute atomic E-state index is 9.90. The fourth-order valence-corrected chi connectivity index (χ4v) is 0.409. The molecule has 0 spiro atoms. The van der Waals surface area contributed by atoms with E-state index in [0.717, 1.165) is 0 Å². The molecule has 0 rings (SSSR count). The average molecular weight is 387 g/mol. The van der Waals surface area contributed by atoms with Gasteiger partial charge < -0.3 is 11.6 Å². The molecule has 0 saturated carbocycles. The van der Waals surface area contributed by atoms with Gasteiger partial charge in [0.05, 0.1) is 6.42 Å². The molecule has 0 aliphatic rings. The van der Waals surface area contributed by atoms with Gasteiger partial charge in [-0.05, 0) is 0 Å². The first-order chi connectivity index (χ1) is 4.04. The molecular formula is C5H11AuNaO4S. The zero-order valence-electron chi connectivity index (χ0n) is 6.74. The monoisotopic (exact) mass is 387 g/mol. The Labute approximate surface area is 116 Å². The van der Waals surface area contributed by atoms with E-state index in [9.17, 15) is 9.59 Å². The topological polar surface area (TPSA) is 74.6 Å². The summed E-state index contributed by atoms with van der Waals surface area (Å²) in [6.07, 6.45) is -0.446. The summed E-state index contributed by atoms with van der Waals surface area (Å²) in [6, 6.07) is 0. The number of carboxylic acid groups (broad SMARTS) is 2. The molecule has 1 radical (unpaired) electrons. The third kappa shape index (κ3) is 13.6. The second-order valence-electron chi connectivity index (χ2n) is 1.45. The molecule has 0 aromatic carbocycles. The van der Waals surface area contributed by atoms with E-state index in [2.05, 4.69) is 12.6 Å². The van der Waals surface area contributed by atoms with Crippen LogP contribution in [0, 0.1) is 0 Å². The van der Waals surface area contributed by atoms with E-state index in [1.807, 2.05) is 0 Å². The van der Waals surface area contributed by atoms with Crippen molar-refractivity contribution in [3.05, 3.63) is 0 Å². The summed E-state index contributed by atoms with van der Waals surface area (Å²) in [5.74, 6) is -2.36. The van der Waals surface area contributed by atoms with E-state index in [4.69, 9.17) is 10.2 Å². The van der Waals surface area contributed by atoms with Crippen molar-refractivity contribution in [2.75, 3.05) is 0 Å². The summed E-state index contributed by atoms with van der Waals surface area (Å²) in [7, 11) is 0. The van der Waals surface area contributed by atoms with Gasteiger partial charge in [-0.3, -0.25) is 9.59 Å². The molecule has 73 valence electrons. The fourth-order valence-electron chi connectivity index (χ4n) is 0.253. The van der Waals surface area contributed by atoms with E-state index >= 15 is 0 Å². The van der Waals surface area contributed by atoms with Crippen LogP contribution in [0.4, 0.5) is 0 Å². The minimum absolute atomic E-state index is 0. The Hall–Kier alpha value is 1.03. The first-order valence-corrected chi connectivity index (χ1v) is 2.68. The van der Waals surface area contributed by atoms with Crippen LogP contribution in [0.25, 0.3) is 0 Å². The molecule has 4 nitrogen and oxygen atoms in total. The van der Waals surface area contributed by atoms with Crippen molar-refractivity contribution in [1.29, 1.82) is 0 Å². The summed E-state index contributed by atoms with van der Waals surface area (Å²) in [5.41, 5.74) is 0. The maximum Gasteiger partial charge on any atom is 1.00 e. The van der Waals surface area contributed by atoms with Crippen LogP contribution in [0.3, 0.4) is 0 Å². The van der Waals surface area contributed by atoms with Crippen molar-refractivity contribution in [2.24, 2.45) is 0 Å². The van der Waals surface area contributed by atoms with Crippen LogP contribution < -0.4 is 29.6 Å². The first kappa shape index (κ1) is 23.1. The van der Waals surface area contributed by atoms with Crippen LogP contribution >= 0.6 is 12.6 Å². The van der Waals surface area contributed by atoms with Crippen molar-refractivity contribution in [3.8, 4) is 0 Å². The molecule has 1 unspecified atom stereocenters. The number of carbonyl (C=O) groups is 2. The maximum atomic E-state index is 9.90. The zero-order chi connectivity index (χ0) is 7.44. The van der Waals surface area contributed by atoms with Gasteiger partial charge in [0.25, 0.3) is 0 Å². The van der Waals surface area contributed by atoms with Crippen molar-refractivity contribution < 1.29 is 73.2 Å². The molecule has 0 fully saturated rings. The largest absolute Gasteiger partial charge is 1.00 e. The van der Waals surface area contributed by atoms with Crippen LogP contribution in [0.2, 0.25) is 0 Å². The van der Waals surface area contributed by atoms with Crippen molar-refractivity contribution in [2.45, 2.75) is 19.1 Å². The molecule has 0 heterocycles. The normalized spacial score (nSPS) is 9.42. The van der Waals surface area contributed by atoms with Gasteiger partial charge in [-0.1, -0.05) is 7.43 Å². The van der Waals surface area contributed by atoms with E-state index < -0.39 is 23.6 Å². The summed E-state index contributed by atoms with van der Waals surface area (Å²) in [4.78, 5) is 19.7. The molecule has 0 saturated heterocycles. The molecular weight excluding hydrogens is 376 g/mol.